The number of rotatable bonds is 6. The van der Waals surface area contributed by atoms with Crippen LogP contribution in [0, 0.1) is 6.92 Å². The van der Waals surface area contributed by atoms with Crippen molar-refractivity contribution in [2.45, 2.75) is 17.8 Å². The maximum Gasteiger partial charge on any atom is 0.255 e. The van der Waals surface area contributed by atoms with Gasteiger partial charge in [-0.3, -0.25) is 9.59 Å². The lowest BCUT2D eigenvalue weighted by molar-refractivity contribution is 0.0963. The number of nitrogens with one attached hydrogen (secondary N) is 3. The topological polar surface area (TPSA) is 86.9 Å². The minimum Gasteiger partial charge on any atom is -0.355 e. The van der Waals surface area contributed by atoms with Gasteiger partial charge in [0.15, 0.2) is 5.16 Å². The average molecular weight is 431 g/mol. The van der Waals surface area contributed by atoms with Crippen LogP contribution in [0.2, 0.25) is 0 Å². The molecule has 0 radical (unpaired) electrons. The van der Waals surface area contributed by atoms with Crippen LogP contribution >= 0.6 is 11.8 Å². The van der Waals surface area contributed by atoms with Crippen molar-refractivity contribution in [1.29, 1.82) is 0 Å². The van der Waals surface area contributed by atoms with E-state index in [1.165, 1.54) is 0 Å². The third-order valence-electron chi connectivity index (χ3n) is 4.93. The molecule has 0 atom stereocenters. The van der Waals surface area contributed by atoms with E-state index in [-0.39, 0.29) is 11.8 Å². The molecule has 0 aliphatic rings. The summed E-state index contributed by atoms with van der Waals surface area (Å²) in [6.45, 7) is 1.84. The number of aromatic amines is 1. The first-order valence-electron chi connectivity index (χ1n) is 9.84. The van der Waals surface area contributed by atoms with Crippen LogP contribution in [-0.4, -0.2) is 28.8 Å². The summed E-state index contributed by atoms with van der Waals surface area (Å²) in [5.74, 6) is 0.249. The van der Waals surface area contributed by atoms with Gasteiger partial charge in [0, 0.05) is 18.4 Å². The lowest BCUT2D eigenvalue weighted by atomic mass is 10.1. The Morgan fingerprint density at radius 3 is 2.48 bits per heavy atom. The molecule has 0 aliphatic carbocycles. The van der Waals surface area contributed by atoms with Crippen LogP contribution in [-0.2, 0) is 5.75 Å². The lowest BCUT2D eigenvalue weighted by Crippen LogP contribution is -2.22. The minimum atomic E-state index is -0.257. The highest BCUT2D eigenvalue weighted by atomic mass is 32.2. The molecular formula is C24H22N4O2S. The third kappa shape index (κ3) is 4.62. The third-order valence-corrected chi connectivity index (χ3v) is 5.88. The molecule has 156 valence electrons. The Morgan fingerprint density at radius 1 is 0.968 bits per heavy atom. The minimum absolute atomic E-state index is 0.230. The van der Waals surface area contributed by atoms with Gasteiger partial charge in [-0.15, -0.1) is 0 Å². The van der Waals surface area contributed by atoms with Crippen LogP contribution in [0.3, 0.4) is 0 Å². The van der Waals surface area contributed by atoms with Gasteiger partial charge in [0.2, 0.25) is 0 Å². The predicted octanol–water partition coefficient (Wildman–Crippen LogP) is 4.78. The number of anilines is 1. The van der Waals surface area contributed by atoms with E-state index in [1.54, 1.807) is 37.0 Å². The van der Waals surface area contributed by atoms with E-state index in [1.807, 2.05) is 55.5 Å². The van der Waals surface area contributed by atoms with Crippen LogP contribution in [0.15, 0.2) is 71.9 Å². The number of amides is 2. The first-order valence-corrected chi connectivity index (χ1v) is 10.8. The Morgan fingerprint density at radius 2 is 1.74 bits per heavy atom. The summed E-state index contributed by atoms with van der Waals surface area (Å²) in [5.41, 5.74) is 5.35. The highest BCUT2D eigenvalue weighted by Gasteiger charge is 2.15. The molecule has 0 bridgehead atoms. The highest BCUT2D eigenvalue weighted by molar-refractivity contribution is 7.98. The van der Waals surface area contributed by atoms with Crippen molar-refractivity contribution in [3.05, 3.63) is 89.0 Å². The van der Waals surface area contributed by atoms with E-state index in [2.05, 4.69) is 20.6 Å². The lowest BCUT2D eigenvalue weighted by Gasteiger charge is -2.13. The van der Waals surface area contributed by atoms with Crippen molar-refractivity contribution in [2.75, 3.05) is 12.4 Å². The molecule has 1 aromatic heterocycles. The largest absolute Gasteiger partial charge is 0.355 e. The number of thioether (sulfide) groups is 1. The van der Waals surface area contributed by atoms with Gasteiger partial charge in [0.05, 0.1) is 22.3 Å². The quantitative estimate of drug-likeness (QED) is 0.384. The van der Waals surface area contributed by atoms with Crippen LogP contribution in [0.25, 0.3) is 11.0 Å². The van der Waals surface area contributed by atoms with E-state index < -0.39 is 0 Å². The van der Waals surface area contributed by atoms with Gasteiger partial charge in [0.1, 0.15) is 0 Å². The summed E-state index contributed by atoms with van der Waals surface area (Å²) in [4.78, 5) is 32.8. The van der Waals surface area contributed by atoms with Crippen molar-refractivity contribution in [3.63, 3.8) is 0 Å². The zero-order valence-electron chi connectivity index (χ0n) is 17.2. The zero-order chi connectivity index (χ0) is 21.8. The number of carbonyl (C=O) groups excluding carboxylic acids is 2. The SMILES string of the molecule is CNC(=O)c1c(C)cccc1NC(=O)c1ccc(CSc2nc3ccccc3[nH]2)cc1. The van der Waals surface area contributed by atoms with Crippen molar-refractivity contribution in [2.24, 2.45) is 0 Å². The molecule has 31 heavy (non-hydrogen) atoms. The number of imidazole rings is 1. The van der Waals surface area contributed by atoms with Gasteiger partial charge in [-0.2, -0.15) is 0 Å². The maximum absolute atomic E-state index is 12.7. The zero-order valence-corrected chi connectivity index (χ0v) is 18.0. The summed E-state index contributed by atoms with van der Waals surface area (Å²) in [6.07, 6.45) is 0. The van der Waals surface area contributed by atoms with E-state index in [0.717, 1.165) is 33.1 Å². The number of carbonyl (C=O) groups is 2. The second-order valence-corrected chi connectivity index (χ2v) is 8.04. The Kier molecular flexibility index (Phi) is 6.04. The van der Waals surface area contributed by atoms with Crippen molar-refractivity contribution in [1.82, 2.24) is 15.3 Å². The molecule has 0 saturated heterocycles. The molecule has 0 aliphatic heterocycles. The molecular weight excluding hydrogens is 408 g/mol. The predicted molar refractivity (Wildman–Crippen MR) is 125 cm³/mol. The Labute approximate surface area is 184 Å². The monoisotopic (exact) mass is 430 g/mol. The number of nitrogens with zero attached hydrogens (tertiary/aromatic N) is 1. The molecule has 6 nitrogen and oxygen atoms in total. The van der Waals surface area contributed by atoms with E-state index in [9.17, 15) is 9.59 Å². The summed E-state index contributed by atoms with van der Waals surface area (Å²) < 4.78 is 0. The van der Waals surface area contributed by atoms with Gasteiger partial charge in [-0.1, -0.05) is 48.2 Å². The fourth-order valence-electron chi connectivity index (χ4n) is 3.29. The first-order chi connectivity index (χ1) is 15.0. The summed E-state index contributed by atoms with van der Waals surface area (Å²) in [5, 5.41) is 6.34. The summed E-state index contributed by atoms with van der Waals surface area (Å²) >= 11 is 1.61. The molecule has 0 unspecified atom stereocenters. The normalized spacial score (nSPS) is 10.8. The fraction of sp³-hybridized carbons (Fsp3) is 0.125. The molecule has 0 spiro atoms. The number of fused-ring (bicyclic) bond motifs is 1. The molecule has 3 N–H and O–H groups in total. The first kappa shape index (κ1) is 20.7. The van der Waals surface area contributed by atoms with Crippen molar-refractivity contribution < 1.29 is 9.59 Å². The fourth-order valence-corrected chi connectivity index (χ4v) is 4.14. The summed E-state index contributed by atoms with van der Waals surface area (Å²) in [6, 6.07) is 20.8. The number of aryl methyl sites for hydroxylation is 1. The van der Waals surface area contributed by atoms with Crippen molar-refractivity contribution in [3.8, 4) is 0 Å². The van der Waals surface area contributed by atoms with Crippen LogP contribution in [0.4, 0.5) is 5.69 Å². The molecule has 2 amide bonds. The molecule has 4 aromatic rings. The van der Waals surface area contributed by atoms with Crippen LogP contribution in [0.5, 0.6) is 0 Å². The second-order valence-electron chi connectivity index (χ2n) is 7.08. The number of H-pyrrole nitrogens is 1. The van der Waals surface area contributed by atoms with Gasteiger partial charge >= 0.3 is 0 Å². The van der Waals surface area contributed by atoms with Crippen LogP contribution in [0.1, 0.15) is 31.8 Å². The van der Waals surface area contributed by atoms with Crippen molar-refractivity contribution >= 4 is 40.3 Å². The molecule has 4 rings (SSSR count). The summed E-state index contributed by atoms with van der Waals surface area (Å²) in [7, 11) is 1.57. The number of hydrogen-bond acceptors (Lipinski definition) is 4. The van der Waals surface area contributed by atoms with Gasteiger partial charge < -0.3 is 15.6 Å². The van der Waals surface area contributed by atoms with E-state index in [0.29, 0.717) is 16.8 Å². The highest BCUT2D eigenvalue weighted by Crippen LogP contribution is 2.24. The number of para-hydroxylation sites is 2. The maximum atomic E-state index is 12.7. The average Bonchev–Trinajstić information content (AvgIpc) is 3.21. The number of hydrogen-bond donors (Lipinski definition) is 3. The molecule has 0 fully saturated rings. The molecule has 3 aromatic carbocycles. The van der Waals surface area contributed by atoms with Gasteiger partial charge in [-0.25, -0.2) is 4.98 Å². The van der Waals surface area contributed by atoms with Gasteiger partial charge in [-0.05, 0) is 48.4 Å². The second kappa shape index (κ2) is 9.06. The number of aromatic nitrogens is 2. The molecule has 7 heteroatoms. The smallest absolute Gasteiger partial charge is 0.255 e. The molecule has 1 heterocycles. The Bertz CT molecular complexity index is 1220. The van der Waals surface area contributed by atoms with E-state index in [4.69, 9.17) is 0 Å². The van der Waals surface area contributed by atoms with Crippen LogP contribution < -0.4 is 10.6 Å². The molecule has 0 saturated carbocycles. The van der Waals surface area contributed by atoms with Gasteiger partial charge in [0.25, 0.3) is 11.8 Å². The Hall–Kier alpha value is -3.58. The standard InChI is InChI=1S/C24H22N4O2S/c1-15-6-5-9-20(21(15)23(30)25-2)26-22(29)17-12-10-16(11-13-17)14-31-24-27-18-7-3-4-8-19(18)28-24/h3-13H,14H2,1-2H3,(H,25,30)(H,26,29)(H,27,28). The number of benzene rings is 3. The van der Waals surface area contributed by atoms with E-state index >= 15 is 0 Å². The Balaban J connectivity index is 1.43.